The molecule has 29 heavy (non-hydrogen) atoms. The van der Waals surface area contributed by atoms with Gasteiger partial charge in [0.1, 0.15) is 0 Å². The third-order valence-electron chi connectivity index (χ3n) is 3.80. The van der Waals surface area contributed by atoms with E-state index in [0.717, 1.165) is 11.5 Å². The number of carbonyl (C=O) groups is 2. The summed E-state index contributed by atoms with van der Waals surface area (Å²) in [5, 5.41) is 7.68. The first-order valence-electron chi connectivity index (χ1n) is 8.46. The van der Waals surface area contributed by atoms with Crippen molar-refractivity contribution in [2.24, 2.45) is 4.99 Å². The number of nitrogens with zero attached hydrogens (tertiary/aromatic N) is 3. The molecule has 0 saturated carbocycles. The fraction of sp³-hybridized carbons (Fsp3) is 0. The molecule has 2 aromatic heterocycles. The van der Waals surface area contributed by atoms with Gasteiger partial charge in [-0.3, -0.25) is 9.59 Å². The summed E-state index contributed by atoms with van der Waals surface area (Å²) in [7, 11) is 0. The number of amides is 2. The van der Waals surface area contributed by atoms with Gasteiger partial charge in [0.15, 0.2) is 16.1 Å². The van der Waals surface area contributed by atoms with Gasteiger partial charge >= 0.3 is 5.91 Å². The second-order valence-corrected chi connectivity index (χ2v) is 7.16. The van der Waals surface area contributed by atoms with Crippen molar-refractivity contribution in [1.82, 2.24) is 9.17 Å². The van der Waals surface area contributed by atoms with Crippen molar-refractivity contribution >= 4 is 40.6 Å². The molecule has 0 aliphatic carbocycles. The number of hydrogen-bond donors (Lipinski definition) is 1. The summed E-state index contributed by atoms with van der Waals surface area (Å²) >= 11 is 6.99. The molecule has 0 fully saturated rings. The summed E-state index contributed by atoms with van der Waals surface area (Å²) in [6.45, 7) is 0. The minimum absolute atomic E-state index is 0.0220. The molecule has 0 bridgehead atoms. The number of anilines is 1. The standard InChI is InChI=1S/C20H13ClN4O3S/c21-13-8-10-15(11-9-13)25-24-17(19(27)22-14-5-2-1-3-6-14)20(29-25)23-18(26)16-7-4-12-28-16/h1-12H,(H,22,27). The van der Waals surface area contributed by atoms with Crippen LogP contribution in [0.2, 0.25) is 5.02 Å². The first-order chi connectivity index (χ1) is 14.1. The van der Waals surface area contributed by atoms with Gasteiger partial charge in [0.05, 0.1) is 12.0 Å². The van der Waals surface area contributed by atoms with E-state index in [0.29, 0.717) is 16.4 Å². The van der Waals surface area contributed by atoms with E-state index in [-0.39, 0.29) is 16.1 Å². The van der Waals surface area contributed by atoms with E-state index in [4.69, 9.17) is 16.0 Å². The van der Waals surface area contributed by atoms with Gasteiger partial charge in [0.25, 0.3) is 5.91 Å². The molecule has 4 aromatic rings. The van der Waals surface area contributed by atoms with Crippen LogP contribution in [0.25, 0.3) is 5.69 Å². The van der Waals surface area contributed by atoms with Gasteiger partial charge < -0.3 is 9.73 Å². The molecule has 0 aliphatic heterocycles. The molecule has 144 valence electrons. The molecule has 2 aromatic carbocycles. The van der Waals surface area contributed by atoms with Gasteiger partial charge in [0, 0.05) is 10.7 Å². The number of rotatable bonds is 4. The summed E-state index contributed by atoms with van der Waals surface area (Å²) in [5.74, 6) is -1.01. The Morgan fingerprint density at radius 3 is 2.48 bits per heavy atom. The van der Waals surface area contributed by atoms with E-state index < -0.39 is 11.8 Å². The van der Waals surface area contributed by atoms with Crippen LogP contribution in [0, 0.1) is 0 Å². The Hall–Kier alpha value is -3.49. The Kier molecular flexibility index (Phi) is 5.37. The van der Waals surface area contributed by atoms with Crippen LogP contribution < -0.4 is 9.99 Å². The molecule has 0 unspecified atom stereocenters. The van der Waals surface area contributed by atoms with Gasteiger partial charge in [-0.1, -0.05) is 29.8 Å². The van der Waals surface area contributed by atoms with Gasteiger partial charge in [-0.05, 0) is 60.1 Å². The van der Waals surface area contributed by atoms with Crippen molar-refractivity contribution in [1.29, 1.82) is 0 Å². The molecular formula is C20H13ClN4O3S. The number of hydrogen-bond acceptors (Lipinski definition) is 5. The lowest BCUT2D eigenvalue weighted by molar-refractivity contribution is 0.0972. The SMILES string of the molecule is O=C(N=c1sn(-c2ccc(Cl)cc2)nc1C(=O)Nc1ccccc1)c1ccco1. The van der Waals surface area contributed by atoms with Crippen molar-refractivity contribution in [2.75, 3.05) is 5.32 Å². The number of halogens is 1. The normalized spacial score (nSPS) is 11.4. The van der Waals surface area contributed by atoms with E-state index in [1.165, 1.54) is 16.4 Å². The maximum absolute atomic E-state index is 12.8. The second-order valence-electron chi connectivity index (χ2n) is 5.81. The topological polar surface area (TPSA) is 89.5 Å². The summed E-state index contributed by atoms with van der Waals surface area (Å²) in [5.41, 5.74) is 1.31. The average Bonchev–Trinajstić information content (AvgIpc) is 3.40. The van der Waals surface area contributed by atoms with Crippen LogP contribution in [0.4, 0.5) is 5.69 Å². The molecular weight excluding hydrogens is 412 g/mol. The zero-order valence-corrected chi connectivity index (χ0v) is 16.4. The predicted octanol–water partition coefficient (Wildman–Crippen LogP) is 4.17. The monoisotopic (exact) mass is 424 g/mol. The lowest BCUT2D eigenvalue weighted by Gasteiger charge is -2.02. The molecule has 7 nitrogen and oxygen atoms in total. The average molecular weight is 425 g/mol. The molecule has 9 heteroatoms. The number of carbonyl (C=O) groups excluding carboxylic acids is 2. The Morgan fingerprint density at radius 1 is 1.03 bits per heavy atom. The van der Waals surface area contributed by atoms with Crippen molar-refractivity contribution in [3.8, 4) is 5.69 Å². The Labute approximate surface area is 174 Å². The van der Waals surface area contributed by atoms with Crippen LogP contribution >= 0.6 is 23.1 Å². The third-order valence-corrected chi connectivity index (χ3v) is 4.97. The van der Waals surface area contributed by atoms with Crippen molar-refractivity contribution < 1.29 is 14.0 Å². The van der Waals surface area contributed by atoms with Crippen LogP contribution in [0.1, 0.15) is 21.0 Å². The summed E-state index contributed by atoms with van der Waals surface area (Å²) in [6, 6.07) is 19.0. The number of aromatic nitrogens is 2. The molecule has 2 heterocycles. The Morgan fingerprint density at radius 2 is 1.79 bits per heavy atom. The minimum Gasteiger partial charge on any atom is -0.459 e. The molecule has 4 rings (SSSR count). The molecule has 0 spiro atoms. The molecule has 1 N–H and O–H groups in total. The minimum atomic E-state index is -0.601. The maximum Gasteiger partial charge on any atom is 0.314 e. The quantitative estimate of drug-likeness (QED) is 0.532. The van der Waals surface area contributed by atoms with Gasteiger partial charge in [0.2, 0.25) is 0 Å². The lowest BCUT2D eigenvalue weighted by Crippen LogP contribution is -2.20. The van der Waals surface area contributed by atoms with Gasteiger partial charge in [-0.25, -0.2) is 0 Å². The number of furan rings is 1. The van der Waals surface area contributed by atoms with E-state index in [9.17, 15) is 9.59 Å². The lowest BCUT2D eigenvalue weighted by atomic mass is 10.3. The first-order valence-corrected chi connectivity index (χ1v) is 9.61. The fourth-order valence-corrected chi connectivity index (χ4v) is 3.42. The molecule has 0 radical (unpaired) electrons. The number of benzene rings is 2. The van der Waals surface area contributed by atoms with Crippen LogP contribution in [0.3, 0.4) is 0 Å². The van der Waals surface area contributed by atoms with E-state index >= 15 is 0 Å². The fourth-order valence-electron chi connectivity index (χ4n) is 2.43. The highest BCUT2D eigenvalue weighted by atomic mass is 35.5. The van der Waals surface area contributed by atoms with Crippen molar-refractivity contribution in [3.05, 3.63) is 94.1 Å². The highest BCUT2D eigenvalue weighted by molar-refractivity contribution is 7.04. The van der Waals surface area contributed by atoms with Crippen LogP contribution in [0.5, 0.6) is 0 Å². The van der Waals surface area contributed by atoms with Crippen LogP contribution in [0.15, 0.2) is 82.4 Å². The zero-order chi connectivity index (χ0) is 20.2. The molecule has 0 aliphatic rings. The first kappa shape index (κ1) is 18.9. The van der Waals surface area contributed by atoms with Crippen molar-refractivity contribution in [3.63, 3.8) is 0 Å². The van der Waals surface area contributed by atoms with Gasteiger partial charge in [-0.15, -0.1) is 5.10 Å². The smallest absolute Gasteiger partial charge is 0.314 e. The second kappa shape index (κ2) is 8.26. The Balaban J connectivity index is 1.76. The number of para-hydroxylation sites is 1. The largest absolute Gasteiger partial charge is 0.459 e. The van der Waals surface area contributed by atoms with Crippen molar-refractivity contribution in [2.45, 2.75) is 0 Å². The Bertz CT molecular complexity index is 1210. The van der Waals surface area contributed by atoms with Crippen LogP contribution in [-0.4, -0.2) is 21.0 Å². The highest BCUT2D eigenvalue weighted by Crippen LogP contribution is 2.15. The highest BCUT2D eigenvalue weighted by Gasteiger charge is 2.18. The van der Waals surface area contributed by atoms with Crippen LogP contribution in [-0.2, 0) is 0 Å². The predicted molar refractivity (Wildman–Crippen MR) is 109 cm³/mol. The third kappa shape index (κ3) is 4.34. The molecule has 0 saturated heterocycles. The summed E-state index contributed by atoms with van der Waals surface area (Å²) in [4.78, 5) is 29.2. The van der Waals surface area contributed by atoms with E-state index in [1.807, 2.05) is 6.07 Å². The molecule has 2 amide bonds. The van der Waals surface area contributed by atoms with E-state index in [2.05, 4.69) is 15.4 Å². The van der Waals surface area contributed by atoms with E-state index in [1.54, 1.807) is 54.6 Å². The zero-order valence-electron chi connectivity index (χ0n) is 14.8. The maximum atomic E-state index is 12.8. The summed E-state index contributed by atoms with van der Waals surface area (Å²) in [6.07, 6.45) is 1.38. The molecule has 0 atom stereocenters. The number of nitrogens with one attached hydrogen (secondary N) is 1. The summed E-state index contributed by atoms with van der Waals surface area (Å²) < 4.78 is 6.75. The van der Waals surface area contributed by atoms with Gasteiger partial charge in [-0.2, -0.15) is 9.06 Å².